The first kappa shape index (κ1) is 16.4. The highest BCUT2D eigenvalue weighted by molar-refractivity contribution is 7.80. The van der Waals surface area contributed by atoms with Gasteiger partial charge in [0.2, 0.25) is 0 Å². The number of thiocarbonyl (C=S) groups is 1. The van der Waals surface area contributed by atoms with E-state index in [1.165, 1.54) is 12.1 Å². The van der Waals surface area contributed by atoms with E-state index in [1.807, 2.05) is 6.07 Å². The van der Waals surface area contributed by atoms with Crippen LogP contribution < -0.4 is 10.6 Å². The minimum Gasteiger partial charge on any atom is -0.356 e. The number of hydrogen-bond acceptors (Lipinski definition) is 2. The van der Waals surface area contributed by atoms with Crippen molar-refractivity contribution >= 4 is 46.2 Å². The summed E-state index contributed by atoms with van der Waals surface area (Å²) in [7, 11) is 0. The van der Waals surface area contributed by atoms with Crippen LogP contribution in [0.5, 0.6) is 0 Å². The average Bonchev–Trinajstić information content (AvgIpc) is 2.56. The zero-order valence-corrected chi connectivity index (χ0v) is 14.4. The monoisotopic (exact) mass is 369 g/mol. The minimum absolute atomic E-state index is 0.0992. The maximum absolute atomic E-state index is 13.3. The standard InChI is InChI=1S/C16H14Cl2FN3S/c17-14-10(19)6-7-13(15(14)18)22-16(23)21-12-5-1-4-11-9(12)3-2-8-20-11/h2-3,6-8,12H,1,4-5H2,(H2,21,22,23). The largest absolute Gasteiger partial charge is 0.356 e. The van der Waals surface area contributed by atoms with Crippen molar-refractivity contribution in [2.75, 3.05) is 5.32 Å². The summed E-state index contributed by atoms with van der Waals surface area (Å²) in [6.45, 7) is 0. The predicted octanol–water partition coefficient (Wildman–Crippen LogP) is 4.89. The fourth-order valence-electron chi connectivity index (χ4n) is 2.69. The topological polar surface area (TPSA) is 37.0 Å². The molecule has 0 spiro atoms. The molecule has 0 radical (unpaired) electrons. The van der Waals surface area contributed by atoms with Gasteiger partial charge >= 0.3 is 0 Å². The van der Waals surface area contributed by atoms with E-state index in [0.29, 0.717) is 10.8 Å². The number of aryl methyl sites for hydroxylation is 1. The van der Waals surface area contributed by atoms with Crippen LogP contribution in [-0.2, 0) is 6.42 Å². The van der Waals surface area contributed by atoms with E-state index in [2.05, 4.69) is 21.7 Å². The van der Waals surface area contributed by atoms with Gasteiger partial charge in [0, 0.05) is 11.9 Å². The van der Waals surface area contributed by atoms with Crippen LogP contribution in [0.2, 0.25) is 10.0 Å². The fourth-order valence-corrected chi connectivity index (χ4v) is 3.31. The molecule has 120 valence electrons. The summed E-state index contributed by atoms with van der Waals surface area (Å²) in [5, 5.41) is 6.65. The number of benzene rings is 1. The second kappa shape index (κ2) is 6.99. The number of hydrogen-bond donors (Lipinski definition) is 2. The summed E-state index contributed by atoms with van der Waals surface area (Å²) < 4.78 is 13.3. The van der Waals surface area contributed by atoms with Crippen LogP contribution in [-0.4, -0.2) is 10.1 Å². The lowest BCUT2D eigenvalue weighted by molar-refractivity contribution is 0.521. The molecule has 1 heterocycles. The van der Waals surface area contributed by atoms with E-state index in [4.69, 9.17) is 35.4 Å². The number of rotatable bonds is 2. The van der Waals surface area contributed by atoms with E-state index >= 15 is 0 Å². The molecule has 2 N–H and O–H groups in total. The average molecular weight is 370 g/mol. The third kappa shape index (κ3) is 3.57. The molecule has 1 atom stereocenters. The zero-order valence-electron chi connectivity index (χ0n) is 12.1. The highest BCUT2D eigenvalue weighted by Gasteiger charge is 2.21. The first-order chi connectivity index (χ1) is 11.1. The zero-order chi connectivity index (χ0) is 16.4. The Hall–Kier alpha value is -1.43. The molecule has 1 unspecified atom stereocenters. The summed E-state index contributed by atoms with van der Waals surface area (Å²) in [5.74, 6) is -0.562. The van der Waals surface area contributed by atoms with E-state index in [9.17, 15) is 4.39 Å². The van der Waals surface area contributed by atoms with Crippen LogP contribution in [0.3, 0.4) is 0 Å². The minimum atomic E-state index is -0.562. The molecule has 0 amide bonds. The van der Waals surface area contributed by atoms with Gasteiger partial charge in [-0.15, -0.1) is 0 Å². The summed E-state index contributed by atoms with van der Waals surface area (Å²) in [6.07, 6.45) is 4.80. The van der Waals surface area contributed by atoms with Gasteiger partial charge in [-0.1, -0.05) is 29.3 Å². The van der Waals surface area contributed by atoms with Gasteiger partial charge in [-0.3, -0.25) is 4.98 Å². The van der Waals surface area contributed by atoms with Gasteiger partial charge in [-0.2, -0.15) is 0 Å². The molecule has 2 aromatic rings. The Morgan fingerprint density at radius 1 is 1.26 bits per heavy atom. The lowest BCUT2D eigenvalue weighted by Gasteiger charge is -2.27. The van der Waals surface area contributed by atoms with Gasteiger partial charge in [0.1, 0.15) is 5.82 Å². The van der Waals surface area contributed by atoms with E-state index < -0.39 is 5.82 Å². The molecule has 0 aliphatic heterocycles. The lowest BCUT2D eigenvalue weighted by Crippen LogP contribution is -2.34. The van der Waals surface area contributed by atoms with Crippen molar-refractivity contribution in [2.24, 2.45) is 0 Å². The molecule has 3 rings (SSSR count). The summed E-state index contributed by atoms with van der Waals surface area (Å²) in [4.78, 5) is 4.41. The Morgan fingerprint density at radius 2 is 2.09 bits per heavy atom. The second-order valence-corrected chi connectivity index (χ2v) is 6.47. The Labute approximate surface area is 149 Å². The van der Waals surface area contributed by atoms with Gasteiger partial charge in [0.05, 0.1) is 21.8 Å². The first-order valence-electron chi connectivity index (χ1n) is 7.21. The number of nitrogens with one attached hydrogen (secondary N) is 2. The highest BCUT2D eigenvalue weighted by Crippen LogP contribution is 2.32. The molecule has 7 heteroatoms. The Kier molecular flexibility index (Phi) is 4.99. The van der Waals surface area contributed by atoms with Crippen molar-refractivity contribution < 1.29 is 4.39 Å². The van der Waals surface area contributed by atoms with Crippen LogP contribution in [0, 0.1) is 5.82 Å². The maximum Gasteiger partial charge on any atom is 0.171 e. The first-order valence-corrected chi connectivity index (χ1v) is 8.37. The predicted molar refractivity (Wildman–Crippen MR) is 95.7 cm³/mol. The van der Waals surface area contributed by atoms with Crippen LogP contribution in [0.15, 0.2) is 30.5 Å². The van der Waals surface area contributed by atoms with Gasteiger partial charge in [0.15, 0.2) is 5.11 Å². The molecule has 0 saturated heterocycles. The molecule has 23 heavy (non-hydrogen) atoms. The van der Waals surface area contributed by atoms with Crippen LogP contribution in [0.25, 0.3) is 0 Å². The molecule has 1 aliphatic rings. The van der Waals surface area contributed by atoms with Crippen LogP contribution in [0.4, 0.5) is 10.1 Å². The quantitative estimate of drug-likeness (QED) is 0.583. The molecule has 1 aliphatic carbocycles. The van der Waals surface area contributed by atoms with E-state index in [1.54, 1.807) is 6.20 Å². The van der Waals surface area contributed by atoms with E-state index in [0.717, 1.165) is 30.5 Å². The Balaban J connectivity index is 1.73. The normalized spacial score (nSPS) is 16.6. The number of aromatic nitrogens is 1. The molecule has 3 nitrogen and oxygen atoms in total. The SMILES string of the molecule is Fc1ccc(NC(=S)NC2CCCc3ncccc32)c(Cl)c1Cl. The molecule has 0 fully saturated rings. The number of pyridine rings is 1. The molecule has 1 aromatic heterocycles. The molecular formula is C16H14Cl2FN3S. The van der Waals surface area contributed by atoms with E-state index in [-0.39, 0.29) is 16.1 Å². The van der Waals surface area contributed by atoms with Crippen molar-refractivity contribution in [1.29, 1.82) is 0 Å². The Morgan fingerprint density at radius 3 is 2.91 bits per heavy atom. The number of fused-ring (bicyclic) bond motifs is 1. The second-order valence-electron chi connectivity index (χ2n) is 5.31. The molecule has 0 bridgehead atoms. The third-order valence-corrected chi connectivity index (χ3v) is 4.87. The van der Waals surface area contributed by atoms with Crippen molar-refractivity contribution in [1.82, 2.24) is 10.3 Å². The van der Waals surface area contributed by atoms with Crippen LogP contribution in [0.1, 0.15) is 30.1 Å². The van der Waals surface area contributed by atoms with Gasteiger partial charge < -0.3 is 10.6 Å². The third-order valence-electron chi connectivity index (χ3n) is 3.80. The van der Waals surface area contributed by atoms with Crippen LogP contribution >= 0.6 is 35.4 Å². The molecule has 0 saturated carbocycles. The van der Waals surface area contributed by atoms with Crippen molar-refractivity contribution in [3.8, 4) is 0 Å². The van der Waals surface area contributed by atoms with Crippen molar-refractivity contribution in [3.63, 3.8) is 0 Å². The number of halogens is 3. The fraction of sp³-hybridized carbons (Fsp3) is 0.250. The van der Waals surface area contributed by atoms with Gasteiger partial charge in [-0.05, 0) is 55.2 Å². The lowest BCUT2D eigenvalue weighted by atomic mass is 9.91. The molecule has 1 aromatic carbocycles. The highest BCUT2D eigenvalue weighted by atomic mass is 35.5. The van der Waals surface area contributed by atoms with Gasteiger partial charge in [-0.25, -0.2) is 4.39 Å². The summed E-state index contributed by atoms with van der Waals surface area (Å²) in [5.41, 5.74) is 2.73. The maximum atomic E-state index is 13.3. The van der Waals surface area contributed by atoms with Crippen molar-refractivity contribution in [3.05, 3.63) is 57.6 Å². The van der Waals surface area contributed by atoms with Gasteiger partial charge in [0.25, 0.3) is 0 Å². The smallest absolute Gasteiger partial charge is 0.171 e. The number of anilines is 1. The summed E-state index contributed by atoms with van der Waals surface area (Å²) >= 11 is 17.2. The summed E-state index contributed by atoms with van der Waals surface area (Å²) in [6, 6.07) is 6.84. The number of nitrogens with zero attached hydrogens (tertiary/aromatic N) is 1. The molecular weight excluding hydrogens is 356 g/mol. The van der Waals surface area contributed by atoms with Crippen molar-refractivity contribution in [2.45, 2.75) is 25.3 Å². The Bertz CT molecular complexity index is 754.